The molecule has 0 aliphatic carbocycles. The fourth-order valence-corrected chi connectivity index (χ4v) is 1.28. The molecule has 0 aromatic carbocycles. The smallest absolute Gasteiger partial charge is 0.0664 e. The first-order chi connectivity index (χ1) is 6.90. The molecule has 0 unspecified atom stereocenters. The molecule has 0 saturated carbocycles. The number of nitrogens with one attached hydrogen (secondary N) is 1. The molecule has 2 heterocycles. The normalized spacial score (nSPS) is 9.64. The van der Waals surface area contributed by atoms with Crippen molar-refractivity contribution in [1.29, 1.82) is 0 Å². The first-order valence-corrected chi connectivity index (χ1v) is 4.97. The summed E-state index contributed by atoms with van der Waals surface area (Å²) >= 11 is 0. The Hall–Kier alpha value is -1.35. The third-order valence-electron chi connectivity index (χ3n) is 1.84. The van der Waals surface area contributed by atoms with Crippen LogP contribution in [0.25, 0.3) is 5.52 Å². The summed E-state index contributed by atoms with van der Waals surface area (Å²) in [5.74, 6) is 0. The van der Waals surface area contributed by atoms with E-state index in [1.54, 1.807) is 6.20 Å². The second-order valence-corrected chi connectivity index (χ2v) is 2.77. The van der Waals surface area contributed by atoms with Crippen LogP contribution in [-0.4, -0.2) is 16.7 Å². The number of aromatic nitrogens is 2. The minimum atomic E-state index is 0.904. The lowest BCUT2D eigenvalue weighted by Crippen LogP contribution is -2.05. The van der Waals surface area contributed by atoms with E-state index < -0.39 is 0 Å². The molecule has 0 radical (unpaired) electrons. The highest BCUT2D eigenvalue weighted by Crippen LogP contribution is 2.05. The van der Waals surface area contributed by atoms with Crippen molar-refractivity contribution >= 4 is 5.52 Å². The van der Waals surface area contributed by atoms with E-state index in [2.05, 4.69) is 22.5 Å². The summed E-state index contributed by atoms with van der Waals surface area (Å²) in [5.41, 5.74) is 2.42. The largest absolute Gasteiger partial charge is 0.316 e. The summed E-state index contributed by atoms with van der Waals surface area (Å²) in [6.45, 7) is 4.90. The number of rotatable bonds is 2. The fourth-order valence-electron chi connectivity index (χ4n) is 1.28. The van der Waals surface area contributed by atoms with Gasteiger partial charge in [0, 0.05) is 18.9 Å². The van der Waals surface area contributed by atoms with Gasteiger partial charge < -0.3 is 5.32 Å². The van der Waals surface area contributed by atoms with Crippen molar-refractivity contribution in [1.82, 2.24) is 14.9 Å². The predicted octanol–water partition coefficient (Wildman–Crippen LogP) is 2.08. The number of pyridine rings is 1. The molecular formula is C11H17N3. The lowest BCUT2D eigenvalue weighted by molar-refractivity contribution is 0.813. The second kappa shape index (κ2) is 5.40. The molecule has 0 amide bonds. The summed E-state index contributed by atoms with van der Waals surface area (Å²) in [6.07, 6.45) is 3.78. The molecule has 0 bridgehead atoms. The van der Waals surface area contributed by atoms with Gasteiger partial charge in [0.05, 0.1) is 5.52 Å². The van der Waals surface area contributed by atoms with Crippen LogP contribution in [0.4, 0.5) is 0 Å². The van der Waals surface area contributed by atoms with E-state index in [0.717, 1.165) is 12.1 Å². The molecular weight excluding hydrogens is 174 g/mol. The molecule has 2 aromatic heterocycles. The van der Waals surface area contributed by atoms with Gasteiger partial charge in [0.15, 0.2) is 0 Å². The SMILES string of the molecule is CC.CNCc1ccn2nccc2c1. The van der Waals surface area contributed by atoms with Gasteiger partial charge in [-0.05, 0) is 30.8 Å². The monoisotopic (exact) mass is 191 g/mol. The molecule has 0 fully saturated rings. The van der Waals surface area contributed by atoms with E-state index in [1.807, 2.05) is 37.7 Å². The molecule has 76 valence electrons. The quantitative estimate of drug-likeness (QED) is 0.787. The van der Waals surface area contributed by atoms with Gasteiger partial charge in [-0.3, -0.25) is 0 Å². The molecule has 1 N–H and O–H groups in total. The minimum absolute atomic E-state index is 0.904. The molecule has 3 heteroatoms. The molecule has 0 spiro atoms. The average molecular weight is 191 g/mol. The number of fused-ring (bicyclic) bond motifs is 1. The van der Waals surface area contributed by atoms with E-state index in [-0.39, 0.29) is 0 Å². The van der Waals surface area contributed by atoms with Gasteiger partial charge in [-0.2, -0.15) is 5.10 Å². The lowest BCUT2D eigenvalue weighted by atomic mass is 10.2. The van der Waals surface area contributed by atoms with Gasteiger partial charge in [0.25, 0.3) is 0 Å². The van der Waals surface area contributed by atoms with Crippen LogP contribution in [0, 0.1) is 0 Å². The van der Waals surface area contributed by atoms with Crippen molar-refractivity contribution in [3.05, 3.63) is 36.2 Å². The zero-order chi connectivity index (χ0) is 10.4. The van der Waals surface area contributed by atoms with Crippen molar-refractivity contribution < 1.29 is 0 Å². The van der Waals surface area contributed by atoms with Crippen LogP contribution in [0.5, 0.6) is 0 Å². The maximum Gasteiger partial charge on any atom is 0.0664 e. The Labute approximate surface area is 84.8 Å². The Bertz CT molecular complexity index is 379. The predicted molar refractivity (Wildman–Crippen MR) is 59.3 cm³/mol. The van der Waals surface area contributed by atoms with E-state index in [0.29, 0.717) is 0 Å². The number of nitrogens with zero attached hydrogens (tertiary/aromatic N) is 2. The maximum absolute atomic E-state index is 4.12. The molecule has 3 nitrogen and oxygen atoms in total. The van der Waals surface area contributed by atoms with Crippen LogP contribution in [-0.2, 0) is 6.54 Å². The third-order valence-corrected chi connectivity index (χ3v) is 1.84. The highest BCUT2D eigenvalue weighted by molar-refractivity contribution is 5.47. The van der Waals surface area contributed by atoms with Crippen LogP contribution in [0.1, 0.15) is 19.4 Å². The third kappa shape index (κ3) is 2.33. The van der Waals surface area contributed by atoms with E-state index in [1.165, 1.54) is 5.56 Å². The summed E-state index contributed by atoms with van der Waals surface area (Å²) < 4.78 is 1.86. The Balaban J connectivity index is 0.000000461. The Kier molecular flexibility index (Phi) is 4.13. The maximum atomic E-state index is 4.12. The standard InChI is InChI=1S/C9H11N3.C2H6/c1-10-7-8-3-5-12-9(6-8)2-4-11-12;1-2/h2-6,10H,7H2,1H3;1-2H3. The zero-order valence-electron chi connectivity index (χ0n) is 8.99. The van der Waals surface area contributed by atoms with E-state index >= 15 is 0 Å². The van der Waals surface area contributed by atoms with Crippen LogP contribution in [0.2, 0.25) is 0 Å². The highest BCUT2D eigenvalue weighted by Gasteiger charge is 1.94. The first kappa shape index (κ1) is 10.7. The molecule has 0 aliphatic heterocycles. The van der Waals surface area contributed by atoms with Crippen LogP contribution in [0.15, 0.2) is 30.6 Å². The summed E-state index contributed by atoms with van der Waals surface area (Å²) in [7, 11) is 1.95. The molecule has 0 saturated heterocycles. The van der Waals surface area contributed by atoms with Crippen LogP contribution in [0.3, 0.4) is 0 Å². The van der Waals surface area contributed by atoms with Gasteiger partial charge in [-0.1, -0.05) is 13.8 Å². The van der Waals surface area contributed by atoms with Crippen LogP contribution >= 0.6 is 0 Å². The summed E-state index contributed by atoms with van der Waals surface area (Å²) in [4.78, 5) is 0. The van der Waals surface area contributed by atoms with Crippen molar-refractivity contribution in [3.63, 3.8) is 0 Å². The van der Waals surface area contributed by atoms with Crippen molar-refractivity contribution in [2.24, 2.45) is 0 Å². The fraction of sp³-hybridized carbons (Fsp3) is 0.364. The van der Waals surface area contributed by atoms with Gasteiger partial charge in [-0.15, -0.1) is 0 Å². The van der Waals surface area contributed by atoms with Gasteiger partial charge >= 0.3 is 0 Å². The molecule has 0 atom stereocenters. The van der Waals surface area contributed by atoms with E-state index in [9.17, 15) is 0 Å². The Morgan fingerprint density at radius 1 is 1.36 bits per heavy atom. The van der Waals surface area contributed by atoms with Crippen molar-refractivity contribution in [2.45, 2.75) is 20.4 Å². The Morgan fingerprint density at radius 3 is 2.86 bits per heavy atom. The van der Waals surface area contributed by atoms with Crippen molar-refractivity contribution in [2.75, 3.05) is 7.05 Å². The molecule has 2 aromatic rings. The summed E-state index contributed by atoms with van der Waals surface area (Å²) in [6, 6.07) is 6.19. The topological polar surface area (TPSA) is 29.3 Å². The van der Waals surface area contributed by atoms with Crippen molar-refractivity contribution in [3.8, 4) is 0 Å². The van der Waals surface area contributed by atoms with E-state index in [4.69, 9.17) is 0 Å². The minimum Gasteiger partial charge on any atom is -0.316 e. The highest BCUT2D eigenvalue weighted by atomic mass is 15.2. The number of hydrogen-bond donors (Lipinski definition) is 1. The summed E-state index contributed by atoms with van der Waals surface area (Å²) in [5, 5.41) is 7.23. The Morgan fingerprint density at radius 2 is 2.14 bits per heavy atom. The van der Waals surface area contributed by atoms with Gasteiger partial charge in [0.1, 0.15) is 0 Å². The van der Waals surface area contributed by atoms with Gasteiger partial charge in [0.2, 0.25) is 0 Å². The molecule has 2 rings (SSSR count). The second-order valence-electron chi connectivity index (χ2n) is 2.77. The molecule has 0 aliphatic rings. The lowest BCUT2D eigenvalue weighted by Gasteiger charge is -1.99. The zero-order valence-corrected chi connectivity index (χ0v) is 8.99. The van der Waals surface area contributed by atoms with Gasteiger partial charge in [-0.25, -0.2) is 4.52 Å². The van der Waals surface area contributed by atoms with Crippen LogP contribution < -0.4 is 5.32 Å². The first-order valence-electron chi connectivity index (χ1n) is 4.97. The molecule has 14 heavy (non-hydrogen) atoms. The average Bonchev–Trinajstić information content (AvgIpc) is 2.68. The number of hydrogen-bond acceptors (Lipinski definition) is 2.